The van der Waals surface area contributed by atoms with Crippen molar-refractivity contribution in [2.24, 2.45) is 5.73 Å². The first-order valence-electron chi connectivity index (χ1n) is 6.98. The molecule has 0 saturated carbocycles. The zero-order valence-corrected chi connectivity index (χ0v) is 13.6. The van der Waals surface area contributed by atoms with Gasteiger partial charge in [0.1, 0.15) is 0 Å². The van der Waals surface area contributed by atoms with Crippen molar-refractivity contribution in [3.05, 3.63) is 35.4 Å². The normalized spacial score (nSPS) is 11.8. The Bertz CT molecular complexity index is 619. The van der Waals surface area contributed by atoms with Gasteiger partial charge in [-0.1, -0.05) is 12.1 Å². The van der Waals surface area contributed by atoms with Crippen molar-refractivity contribution in [2.75, 3.05) is 13.6 Å². The molecule has 0 aliphatic heterocycles. The van der Waals surface area contributed by atoms with Gasteiger partial charge in [0, 0.05) is 19.6 Å². The van der Waals surface area contributed by atoms with Crippen LogP contribution in [0.15, 0.2) is 24.3 Å². The number of likely N-dealkylation sites (N-methyl/N-ethyl adjacent to an activating group) is 1. The molecule has 0 aliphatic rings. The van der Waals surface area contributed by atoms with Gasteiger partial charge in [-0.15, -0.1) is 0 Å². The number of carbonyl (C=O) groups is 3. The van der Waals surface area contributed by atoms with Gasteiger partial charge in [0.25, 0.3) is 0 Å². The largest absolute Gasteiger partial charge is 0.490 e. The van der Waals surface area contributed by atoms with Crippen molar-refractivity contribution < 1.29 is 37.8 Å². The highest BCUT2D eigenvalue weighted by Gasteiger charge is 2.38. The first-order valence-corrected chi connectivity index (χ1v) is 6.98. The second kappa shape index (κ2) is 9.62. The average molecular weight is 364 g/mol. The second-order valence-corrected chi connectivity index (χ2v) is 5.07. The molecule has 1 unspecified atom stereocenters. The Morgan fingerprint density at radius 2 is 1.76 bits per heavy atom. The fraction of sp³-hybridized carbons (Fsp3) is 0.400. The summed E-state index contributed by atoms with van der Waals surface area (Å²) < 4.78 is 31.7. The maximum absolute atomic E-state index is 11.9. The Hall–Kier alpha value is -2.62. The molecule has 1 rings (SSSR count). The topological polar surface area (TPSA) is 121 Å². The van der Waals surface area contributed by atoms with Gasteiger partial charge in [0.2, 0.25) is 5.91 Å². The summed E-state index contributed by atoms with van der Waals surface area (Å²) >= 11 is 0. The molecule has 0 fully saturated rings. The predicted octanol–water partition coefficient (Wildman–Crippen LogP) is 1.37. The van der Waals surface area contributed by atoms with Crippen LogP contribution in [0.5, 0.6) is 0 Å². The molecule has 0 aliphatic carbocycles. The van der Waals surface area contributed by atoms with Crippen LogP contribution in [0.1, 0.15) is 22.8 Å². The standard InChI is InChI=1S/C13H18N2O3.C2HF3O2/c1-9(8-14)15(2)12(16)7-10-4-3-5-11(6-10)13(17)18;3-2(4,5)1(6)7/h3-6,9H,7-8,14H2,1-2H3,(H,17,18);(H,6,7). The second-order valence-electron chi connectivity index (χ2n) is 5.07. The molecule has 10 heteroatoms. The van der Waals surface area contributed by atoms with Crippen LogP contribution >= 0.6 is 0 Å². The number of nitrogens with two attached hydrogens (primary N) is 1. The van der Waals surface area contributed by atoms with E-state index in [-0.39, 0.29) is 23.9 Å². The van der Waals surface area contributed by atoms with Crippen LogP contribution in [0.3, 0.4) is 0 Å². The molecule has 0 radical (unpaired) electrons. The Balaban J connectivity index is 0.000000697. The van der Waals surface area contributed by atoms with Gasteiger partial charge in [-0.05, 0) is 24.6 Å². The van der Waals surface area contributed by atoms with E-state index in [4.69, 9.17) is 20.7 Å². The molecular formula is C15H19F3N2O5. The van der Waals surface area contributed by atoms with Gasteiger partial charge < -0.3 is 20.8 Å². The molecule has 0 aromatic heterocycles. The molecule has 25 heavy (non-hydrogen) atoms. The highest BCUT2D eigenvalue weighted by atomic mass is 19.4. The molecule has 1 aromatic rings. The SMILES string of the molecule is CC(CN)N(C)C(=O)Cc1cccc(C(=O)O)c1.O=C(O)C(F)(F)F. The lowest BCUT2D eigenvalue weighted by Crippen LogP contribution is -2.40. The minimum atomic E-state index is -5.08. The maximum atomic E-state index is 11.9. The lowest BCUT2D eigenvalue weighted by molar-refractivity contribution is -0.192. The smallest absolute Gasteiger partial charge is 0.478 e. The summed E-state index contributed by atoms with van der Waals surface area (Å²) in [5.74, 6) is -3.82. The van der Waals surface area contributed by atoms with Crippen LogP contribution in [0.2, 0.25) is 0 Å². The van der Waals surface area contributed by atoms with E-state index in [2.05, 4.69) is 0 Å². The van der Waals surface area contributed by atoms with Gasteiger partial charge in [0.15, 0.2) is 0 Å². The molecule has 0 saturated heterocycles. The van der Waals surface area contributed by atoms with E-state index in [1.807, 2.05) is 6.92 Å². The van der Waals surface area contributed by atoms with Gasteiger partial charge in [-0.25, -0.2) is 9.59 Å². The number of halogens is 3. The summed E-state index contributed by atoms with van der Waals surface area (Å²) in [7, 11) is 1.70. The van der Waals surface area contributed by atoms with Gasteiger partial charge in [-0.3, -0.25) is 4.79 Å². The van der Waals surface area contributed by atoms with Crippen molar-refractivity contribution in [2.45, 2.75) is 25.6 Å². The summed E-state index contributed by atoms with van der Waals surface area (Å²) in [5.41, 5.74) is 6.38. The molecule has 4 N–H and O–H groups in total. The summed E-state index contributed by atoms with van der Waals surface area (Å²) in [5, 5.41) is 16.0. The number of rotatable bonds is 5. The van der Waals surface area contributed by atoms with E-state index in [1.54, 1.807) is 24.1 Å². The van der Waals surface area contributed by atoms with Crippen LogP contribution in [-0.2, 0) is 16.0 Å². The number of amides is 1. The third-order valence-electron chi connectivity index (χ3n) is 3.17. The number of carbonyl (C=O) groups excluding carboxylic acids is 1. The molecule has 140 valence electrons. The Labute approximate surface area is 141 Å². The third-order valence-corrected chi connectivity index (χ3v) is 3.17. The van der Waals surface area contributed by atoms with E-state index in [9.17, 15) is 22.8 Å². The van der Waals surface area contributed by atoms with Crippen molar-refractivity contribution in [3.63, 3.8) is 0 Å². The Kier molecular flexibility index (Phi) is 8.61. The van der Waals surface area contributed by atoms with E-state index >= 15 is 0 Å². The number of carboxylic acids is 2. The highest BCUT2D eigenvalue weighted by molar-refractivity contribution is 5.88. The lowest BCUT2D eigenvalue weighted by atomic mass is 10.1. The predicted molar refractivity (Wildman–Crippen MR) is 82.1 cm³/mol. The van der Waals surface area contributed by atoms with Crippen molar-refractivity contribution in [3.8, 4) is 0 Å². The minimum Gasteiger partial charge on any atom is -0.478 e. The highest BCUT2D eigenvalue weighted by Crippen LogP contribution is 2.13. The Morgan fingerprint density at radius 3 is 2.16 bits per heavy atom. The van der Waals surface area contributed by atoms with Gasteiger partial charge >= 0.3 is 18.1 Å². The van der Waals surface area contributed by atoms with Gasteiger partial charge in [-0.2, -0.15) is 13.2 Å². The molecule has 1 atom stereocenters. The quantitative estimate of drug-likeness (QED) is 0.726. The van der Waals surface area contributed by atoms with Crippen molar-refractivity contribution in [1.82, 2.24) is 4.90 Å². The summed E-state index contributed by atoms with van der Waals surface area (Å²) in [6, 6.07) is 6.37. The van der Waals surface area contributed by atoms with Crippen LogP contribution in [0, 0.1) is 0 Å². The zero-order valence-electron chi connectivity index (χ0n) is 13.6. The summed E-state index contributed by atoms with van der Waals surface area (Å²) in [4.78, 5) is 33.2. The monoisotopic (exact) mass is 364 g/mol. The fourth-order valence-electron chi connectivity index (χ4n) is 1.52. The van der Waals surface area contributed by atoms with E-state index in [1.165, 1.54) is 12.1 Å². The lowest BCUT2D eigenvalue weighted by Gasteiger charge is -2.23. The first-order chi connectivity index (χ1) is 11.4. The molecule has 1 aromatic carbocycles. The molecule has 0 heterocycles. The van der Waals surface area contributed by atoms with Crippen LogP contribution < -0.4 is 5.73 Å². The number of carboxylic acid groups (broad SMARTS) is 2. The number of nitrogens with zero attached hydrogens (tertiary/aromatic N) is 1. The Morgan fingerprint density at radius 1 is 1.24 bits per heavy atom. The number of aliphatic carboxylic acids is 1. The van der Waals surface area contributed by atoms with Crippen molar-refractivity contribution in [1.29, 1.82) is 0 Å². The molecule has 0 bridgehead atoms. The fourth-order valence-corrected chi connectivity index (χ4v) is 1.52. The molecule has 0 spiro atoms. The van der Waals surface area contributed by atoms with Crippen LogP contribution in [0.4, 0.5) is 13.2 Å². The first kappa shape index (κ1) is 22.4. The zero-order chi connectivity index (χ0) is 19.8. The van der Waals surface area contributed by atoms with Gasteiger partial charge in [0.05, 0.1) is 12.0 Å². The maximum Gasteiger partial charge on any atom is 0.490 e. The number of benzene rings is 1. The number of alkyl halides is 3. The minimum absolute atomic E-state index is 0.0276. The number of hydrogen-bond acceptors (Lipinski definition) is 4. The number of aromatic carboxylic acids is 1. The van der Waals surface area contributed by atoms with Crippen LogP contribution in [-0.4, -0.2) is 58.8 Å². The summed E-state index contributed by atoms with van der Waals surface area (Å²) in [6.07, 6.45) is -4.90. The van der Waals surface area contributed by atoms with E-state index in [0.29, 0.717) is 12.1 Å². The van der Waals surface area contributed by atoms with Crippen molar-refractivity contribution >= 4 is 17.8 Å². The summed E-state index contributed by atoms with van der Waals surface area (Å²) in [6.45, 7) is 2.27. The third kappa shape index (κ3) is 8.15. The molecule has 1 amide bonds. The van der Waals surface area contributed by atoms with E-state index in [0.717, 1.165) is 0 Å². The molecular weight excluding hydrogens is 345 g/mol. The van der Waals surface area contributed by atoms with Crippen LogP contribution in [0.25, 0.3) is 0 Å². The number of hydrogen-bond donors (Lipinski definition) is 3. The van der Waals surface area contributed by atoms with E-state index < -0.39 is 18.1 Å². The molecule has 7 nitrogen and oxygen atoms in total. The average Bonchev–Trinajstić information content (AvgIpc) is 2.53.